The molecular weight excluding hydrogens is 486 g/mol. The number of hydrogen-bond donors (Lipinski definition) is 2. The average Bonchev–Trinajstić information content (AvgIpc) is 3.44. The number of anilines is 1. The fraction of sp³-hybridized carbons (Fsp3) is 0.250. The molecule has 0 saturated heterocycles. The number of aryl methyl sites for hydroxylation is 2. The maximum absolute atomic E-state index is 13.6. The van der Waals surface area contributed by atoms with Crippen LogP contribution in [0.4, 0.5) is 20.3 Å². The number of thiophene rings is 1. The van der Waals surface area contributed by atoms with Crippen molar-refractivity contribution in [2.45, 2.75) is 26.8 Å². The number of aromatic nitrogens is 5. The van der Waals surface area contributed by atoms with Gasteiger partial charge in [-0.3, -0.25) is 14.3 Å². The van der Waals surface area contributed by atoms with Crippen LogP contribution in [0.15, 0.2) is 18.3 Å². The Bertz CT molecular complexity index is 1510. The number of hydrogen-bond acceptors (Lipinski definition) is 8. The van der Waals surface area contributed by atoms with E-state index in [4.69, 9.17) is 5.73 Å². The molecular formula is C20H18F2N8O4S. The minimum atomic E-state index is -2.88. The third-order valence-electron chi connectivity index (χ3n) is 5.37. The number of nitrogens with two attached hydrogens (primary N) is 1. The number of nitrogens with one attached hydrogen (secondary N) is 1. The summed E-state index contributed by atoms with van der Waals surface area (Å²) in [5.74, 6) is -1.98. The Morgan fingerprint density at radius 1 is 1.29 bits per heavy atom. The van der Waals surface area contributed by atoms with Crippen molar-refractivity contribution in [3.63, 3.8) is 0 Å². The van der Waals surface area contributed by atoms with Gasteiger partial charge >= 0.3 is 5.82 Å². The lowest BCUT2D eigenvalue weighted by atomic mass is 10.0. The maximum atomic E-state index is 13.6. The molecule has 4 rings (SSSR count). The zero-order chi connectivity index (χ0) is 25.6. The van der Waals surface area contributed by atoms with Gasteiger partial charge in [0.25, 0.3) is 12.3 Å². The molecule has 0 aromatic carbocycles. The van der Waals surface area contributed by atoms with Crippen LogP contribution >= 0.6 is 11.3 Å². The van der Waals surface area contributed by atoms with Crippen molar-refractivity contribution in [3.8, 4) is 11.1 Å². The average molecular weight is 504 g/mol. The Morgan fingerprint density at radius 2 is 2.00 bits per heavy atom. The van der Waals surface area contributed by atoms with E-state index in [1.807, 2.05) is 0 Å². The normalized spacial score (nSPS) is 11.4. The number of primary amides is 1. The van der Waals surface area contributed by atoms with Gasteiger partial charge in [0, 0.05) is 23.7 Å². The van der Waals surface area contributed by atoms with Gasteiger partial charge in [-0.25, -0.2) is 13.8 Å². The molecule has 12 nitrogen and oxygen atoms in total. The van der Waals surface area contributed by atoms with E-state index >= 15 is 0 Å². The summed E-state index contributed by atoms with van der Waals surface area (Å²) in [5.41, 5.74) is 6.84. The highest BCUT2D eigenvalue weighted by molar-refractivity contribution is 7.21. The minimum absolute atomic E-state index is 0.00776. The maximum Gasteiger partial charge on any atom is 0.390 e. The number of nitrogens with zero attached hydrogens (tertiary/aromatic N) is 6. The summed E-state index contributed by atoms with van der Waals surface area (Å²) < 4.78 is 29.9. The van der Waals surface area contributed by atoms with E-state index in [1.54, 1.807) is 25.6 Å². The van der Waals surface area contributed by atoms with Gasteiger partial charge in [-0.15, -0.1) is 11.3 Å². The molecule has 0 aliphatic rings. The number of fused-ring (bicyclic) bond motifs is 1. The largest absolute Gasteiger partial charge is 0.390 e. The highest BCUT2D eigenvalue weighted by Gasteiger charge is 2.27. The van der Waals surface area contributed by atoms with Crippen LogP contribution in [0.5, 0.6) is 0 Å². The summed E-state index contributed by atoms with van der Waals surface area (Å²) in [4.78, 5) is 39.3. The number of halogens is 2. The highest BCUT2D eigenvalue weighted by Crippen LogP contribution is 2.43. The summed E-state index contributed by atoms with van der Waals surface area (Å²) in [6.45, 7) is 2.88. The Kier molecular flexibility index (Phi) is 6.02. The third-order valence-corrected chi connectivity index (χ3v) is 6.47. The number of rotatable bonds is 7. The summed E-state index contributed by atoms with van der Waals surface area (Å²) in [6.07, 6.45) is -1.40. The summed E-state index contributed by atoms with van der Waals surface area (Å²) in [5, 5.41) is 21.7. The number of nitro groups is 1. The minimum Gasteiger partial charge on any atom is -0.365 e. The van der Waals surface area contributed by atoms with Crippen LogP contribution in [0.2, 0.25) is 0 Å². The zero-order valence-corrected chi connectivity index (χ0v) is 19.4. The summed E-state index contributed by atoms with van der Waals surface area (Å²) in [6, 6.07) is 2.40. The van der Waals surface area contributed by atoms with Crippen LogP contribution in [0.25, 0.3) is 21.3 Å². The first kappa shape index (κ1) is 23.9. The molecule has 0 spiro atoms. The van der Waals surface area contributed by atoms with Crippen molar-refractivity contribution in [2.75, 3.05) is 5.32 Å². The second kappa shape index (κ2) is 8.83. The number of amides is 2. The van der Waals surface area contributed by atoms with Gasteiger partial charge in [-0.05, 0) is 30.4 Å². The molecule has 0 aliphatic heterocycles. The molecule has 4 heterocycles. The van der Waals surface area contributed by atoms with Gasteiger partial charge in [0.05, 0.1) is 28.7 Å². The molecule has 182 valence electrons. The quantitative estimate of drug-likeness (QED) is 0.288. The predicted octanol–water partition coefficient (Wildman–Crippen LogP) is 3.09. The predicted molar refractivity (Wildman–Crippen MR) is 122 cm³/mol. The van der Waals surface area contributed by atoms with Gasteiger partial charge in [-0.1, -0.05) is 0 Å². The molecule has 4 aromatic heterocycles. The van der Waals surface area contributed by atoms with Crippen LogP contribution in [0.3, 0.4) is 0 Å². The lowest BCUT2D eigenvalue weighted by Gasteiger charge is -2.11. The Hall–Kier alpha value is -4.27. The number of pyridine rings is 1. The molecule has 0 fully saturated rings. The van der Waals surface area contributed by atoms with Crippen LogP contribution in [0, 0.1) is 24.0 Å². The van der Waals surface area contributed by atoms with Crippen LogP contribution in [-0.4, -0.2) is 41.3 Å². The molecule has 4 aromatic rings. The Balaban J connectivity index is 1.86. The molecule has 0 atom stereocenters. The first-order chi connectivity index (χ1) is 16.5. The summed E-state index contributed by atoms with van der Waals surface area (Å²) in [7, 11) is 1.68. The standard InChI is InChI=1S/C20H18F2N8O4S/c1-8-4-13(30(33)34)27-29(8)7-14(31)26-16-15-10(11-6-24-28(3)9(11)2)5-12(18(21)22)25-20(15)35-17(16)19(23)32/h4-6,18H,7H2,1-3H3,(H2,23,32)(H,26,31). The van der Waals surface area contributed by atoms with Gasteiger partial charge in [0.15, 0.2) is 0 Å². The highest BCUT2D eigenvalue weighted by atomic mass is 32.1. The van der Waals surface area contributed by atoms with E-state index in [0.717, 1.165) is 16.0 Å². The molecule has 0 aliphatic carbocycles. The van der Waals surface area contributed by atoms with E-state index in [-0.39, 0.29) is 20.8 Å². The van der Waals surface area contributed by atoms with Crippen LogP contribution in [0.1, 0.15) is 33.2 Å². The Labute approximate surface area is 199 Å². The lowest BCUT2D eigenvalue weighted by Crippen LogP contribution is -2.22. The SMILES string of the molecule is Cc1c(-c2cc(C(F)F)nc3sc(C(N)=O)c(NC(=O)Cn4nc([N+](=O)[O-])cc4C)c23)cnn1C. The van der Waals surface area contributed by atoms with Crippen molar-refractivity contribution in [1.82, 2.24) is 24.5 Å². The van der Waals surface area contributed by atoms with Gasteiger partial charge < -0.3 is 21.2 Å². The molecule has 35 heavy (non-hydrogen) atoms. The molecule has 0 radical (unpaired) electrons. The first-order valence-electron chi connectivity index (χ1n) is 10.0. The van der Waals surface area contributed by atoms with Gasteiger partial charge in [0.2, 0.25) is 5.91 Å². The topological polar surface area (TPSA) is 164 Å². The van der Waals surface area contributed by atoms with E-state index in [1.165, 1.54) is 18.3 Å². The van der Waals surface area contributed by atoms with Crippen molar-refractivity contribution < 1.29 is 23.3 Å². The van der Waals surface area contributed by atoms with E-state index in [2.05, 4.69) is 20.5 Å². The summed E-state index contributed by atoms with van der Waals surface area (Å²) >= 11 is 0.772. The van der Waals surface area contributed by atoms with Crippen molar-refractivity contribution in [1.29, 1.82) is 0 Å². The zero-order valence-electron chi connectivity index (χ0n) is 18.6. The second-order valence-electron chi connectivity index (χ2n) is 7.62. The van der Waals surface area contributed by atoms with Crippen molar-refractivity contribution in [3.05, 3.63) is 50.4 Å². The number of alkyl halides is 2. The van der Waals surface area contributed by atoms with Gasteiger partial charge in [-0.2, -0.15) is 9.78 Å². The fourth-order valence-corrected chi connectivity index (χ4v) is 4.57. The fourth-order valence-electron chi connectivity index (χ4n) is 3.55. The number of carbonyl (C=O) groups excluding carboxylic acids is 2. The van der Waals surface area contributed by atoms with E-state index in [0.29, 0.717) is 22.5 Å². The smallest absolute Gasteiger partial charge is 0.365 e. The van der Waals surface area contributed by atoms with E-state index < -0.39 is 41.2 Å². The van der Waals surface area contributed by atoms with Crippen molar-refractivity contribution in [2.24, 2.45) is 12.8 Å². The lowest BCUT2D eigenvalue weighted by molar-refractivity contribution is -0.389. The molecule has 15 heteroatoms. The third kappa shape index (κ3) is 4.32. The molecule has 0 saturated carbocycles. The molecule has 0 unspecified atom stereocenters. The van der Waals surface area contributed by atoms with Crippen molar-refractivity contribution >= 4 is 44.9 Å². The number of carbonyl (C=O) groups is 2. The molecule has 2 amide bonds. The Morgan fingerprint density at radius 3 is 2.54 bits per heavy atom. The monoisotopic (exact) mass is 504 g/mol. The first-order valence-corrected chi connectivity index (χ1v) is 10.8. The van der Waals surface area contributed by atoms with Crippen LogP contribution < -0.4 is 11.1 Å². The molecule has 3 N–H and O–H groups in total. The second-order valence-corrected chi connectivity index (χ2v) is 8.62. The van der Waals surface area contributed by atoms with Gasteiger partial charge in [0.1, 0.15) is 21.9 Å². The van der Waals surface area contributed by atoms with Crippen LogP contribution in [-0.2, 0) is 18.4 Å². The molecule has 0 bridgehead atoms. The van der Waals surface area contributed by atoms with E-state index in [9.17, 15) is 28.5 Å².